The first kappa shape index (κ1) is 18.8. The number of aromatic nitrogens is 1. The Morgan fingerprint density at radius 3 is 2.17 bits per heavy atom. The van der Waals surface area contributed by atoms with Crippen LogP contribution in [0.1, 0.15) is 21.6 Å². The third-order valence-electron chi connectivity index (χ3n) is 2.89. The van der Waals surface area contributed by atoms with Crippen molar-refractivity contribution in [2.24, 2.45) is 0 Å². The Balaban J connectivity index is 2.80. The Kier molecular flexibility index (Phi) is 4.74. The molecule has 1 heterocycles. The largest absolute Gasteiger partial charge is 0.478 e. The molecule has 2 rings (SSSR count). The van der Waals surface area contributed by atoms with Crippen LogP contribution in [0, 0.1) is 3.57 Å². The van der Waals surface area contributed by atoms with Crippen molar-refractivity contribution in [1.82, 2.24) is 4.37 Å². The van der Waals surface area contributed by atoms with Crippen molar-refractivity contribution in [1.29, 1.82) is 0 Å². The highest BCUT2D eigenvalue weighted by Crippen LogP contribution is 2.45. The van der Waals surface area contributed by atoms with Crippen LogP contribution in [0.5, 0.6) is 0 Å². The summed E-state index contributed by atoms with van der Waals surface area (Å²) in [6, 6.07) is 0.777. The number of hydrogen-bond acceptors (Lipinski definition) is 4. The summed E-state index contributed by atoms with van der Waals surface area (Å²) in [5.41, 5.74) is 0.927. The van der Waals surface area contributed by atoms with Gasteiger partial charge in [0.15, 0.2) is 5.69 Å². The Morgan fingerprint density at radius 1 is 1.17 bits per heavy atom. The molecule has 0 aliphatic rings. The second-order valence-corrected chi connectivity index (χ2v) is 6.34. The molecule has 0 aliphatic carbocycles. The highest BCUT2D eigenvalue weighted by molar-refractivity contribution is 14.1. The van der Waals surface area contributed by atoms with E-state index in [1.165, 1.54) is 22.6 Å². The molecule has 0 fully saturated rings. The number of anilines is 1. The number of nitrogen functional groups attached to an aromatic ring is 1. The maximum atomic E-state index is 13.3. The van der Waals surface area contributed by atoms with Gasteiger partial charge in [0.25, 0.3) is 0 Å². The third kappa shape index (κ3) is 3.43. The van der Waals surface area contributed by atoms with Gasteiger partial charge >= 0.3 is 18.3 Å². The number of carboxylic acid groups (broad SMARTS) is 1. The van der Waals surface area contributed by atoms with Crippen molar-refractivity contribution in [2.75, 3.05) is 5.73 Å². The van der Waals surface area contributed by atoms with E-state index in [9.17, 15) is 31.1 Å². The summed E-state index contributed by atoms with van der Waals surface area (Å²) in [5, 5.41) is 8.94. The first-order chi connectivity index (χ1) is 10.8. The van der Waals surface area contributed by atoms with E-state index >= 15 is 0 Å². The maximum Gasteiger partial charge on any atom is 0.434 e. The number of alkyl halides is 6. The number of nitrogens with zero attached hydrogens (tertiary/aromatic N) is 1. The Labute approximate surface area is 147 Å². The normalized spacial score (nSPS) is 12.5. The summed E-state index contributed by atoms with van der Waals surface area (Å²) in [6.45, 7) is 0. The fraction of sp³-hybridized carbons (Fsp3) is 0.167. The summed E-state index contributed by atoms with van der Waals surface area (Å²) in [4.78, 5) is 10.6. The Morgan fingerprint density at radius 2 is 1.75 bits per heavy atom. The first-order valence-electron chi connectivity index (χ1n) is 5.80. The summed E-state index contributed by atoms with van der Waals surface area (Å²) in [6.07, 6.45) is -9.80. The van der Waals surface area contributed by atoms with Crippen molar-refractivity contribution in [3.05, 3.63) is 32.5 Å². The van der Waals surface area contributed by atoms with Gasteiger partial charge in [0.05, 0.1) is 21.7 Å². The molecule has 4 nitrogen and oxygen atoms in total. The van der Waals surface area contributed by atoms with Crippen LogP contribution in [0.3, 0.4) is 0 Å². The second kappa shape index (κ2) is 6.06. The van der Waals surface area contributed by atoms with Crippen LogP contribution in [-0.4, -0.2) is 15.4 Å². The Hall–Kier alpha value is -1.57. The average molecular weight is 482 g/mol. The second-order valence-electron chi connectivity index (χ2n) is 4.45. The molecule has 0 spiro atoms. The molecule has 130 valence electrons. The van der Waals surface area contributed by atoms with Gasteiger partial charge in [-0.1, -0.05) is 0 Å². The zero-order valence-corrected chi connectivity index (χ0v) is 14.1. The zero-order valence-electron chi connectivity index (χ0n) is 11.1. The molecule has 0 aliphatic heterocycles. The van der Waals surface area contributed by atoms with Crippen LogP contribution in [-0.2, 0) is 12.4 Å². The van der Waals surface area contributed by atoms with Crippen LogP contribution in [0.2, 0.25) is 0 Å². The molecule has 0 saturated heterocycles. The van der Waals surface area contributed by atoms with Gasteiger partial charge in [0.1, 0.15) is 0 Å². The van der Waals surface area contributed by atoms with Gasteiger partial charge < -0.3 is 10.8 Å². The van der Waals surface area contributed by atoms with E-state index in [2.05, 4.69) is 4.37 Å². The van der Waals surface area contributed by atoms with Gasteiger partial charge in [-0.25, -0.2) is 4.79 Å². The summed E-state index contributed by atoms with van der Waals surface area (Å²) in [5.74, 6) is -1.68. The summed E-state index contributed by atoms with van der Waals surface area (Å²) >= 11 is 1.59. The van der Waals surface area contributed by atoms with E-state index < -0.39 is 51.3 Å². The summed E-state index contributed by atoms with van der Waals surface area (Å²) < 4.78 is 80.4. The van der Waals surface area contributed by atoms with E-state index in [0.29, 0.717) is 12.1 Å². The quantitative estimate of drug-likeness (QED) is 0.369. The number of hydrogen-bond donors (Lipinski definition) is 2. The summed E-state index contributed by atoms with van der Waals surface area (Å²) in [7, 11) is 0. The number of halogens is 7. The number of nitrogens with two attached hydrogens (primary N) is 1. The highest BCUT2D eigenvalue weighted by atomic mass is 127. The molecule has 3 N–H and O–H groups in total. The number of carbonyl (C=O) groups is 1. The van der Waals surface area contributed by atoms with Crippen molar-refractivity contribution in [2.45, 2.75) is 12.4 Å². The molecule has 0 saturated carbocycles. The molecule has 12 heteroatoms. The number of aromatic carboxylic acids is 1. The molecule has 0 unspecified atom stereocenters. The first-order valence-corrected chi connectivity index (χ1v) is 7.66. The van der Waals surface area contributed by atoms with E-state index in [-0.39, 0.29) is 15.1 Å². The van der Waals surface area contributed by atoms with Gasteiger partial charge in [0, 0.05) is 9.13 Å². The van der Waals surface area contributed by atoms with Gasteiger partial charge in [-0.2, -0.15) is 30.7 Å². The van der Waals surface area contributed by atoms with E-state index in [4.69, 9.17) is 10.8 Å². The van der Waals surface area contributed by atoms with Gasteiger partial charge in [0.2, 0.25) is 0 Å². The lowest BCUT2D eigenvalue weighted by Crippen LogP contribution is -2.14. The fourth-order valence-corrected chi connectivity index (χ4v) is 3.71. The highest BCUT2D eigenvalue weighted by Gasteiger charge is 2.39. The van der Waals surface area contributed by atoms with Gasteiger partial charge in [-0.15, -0.1) is 0 Å². The minimum Gasteiger partial charge on any atom is -0.478 e. The van der Waals surface area contributed by atoms with E-state index in [1.54, 1.807) is 0 Å². The molecule has 2 aromatic rings. The molecule has 0 atom stereocenters. The maximum absolute atomic E-state index is 13.3. The van der Waals surface area contributed by atoms with Crippen molar-refractivity contribution >= 4 is 45.8 Å². The molecule has 24 heavy (non-hydrogen) atoms. The average Bonchev–Trinajstić information content (AvgIpc) is 2.89. The van der Waals surface area contributed by atoms with E-state index in [1.807, 2.05) is 0 Å². The fourth-order valence-electron chi connectivity index (χ4n) is 1.83. The van der Waals surface area contributed by atoms with Crippen LogP contribution in [0.25, 0.3) is 10.4 Å². The van der Waals surface area contributed by atoms with Gasteiger partial charge in [-0.3, -0.25) is 0 Å². The van der Waals surface area contributed by atoms with Crippen LogP contribution in [0.4, 0.5) is 32.0 Å². The lowest BCUT2D eigenvalue weighted by atomic mass is 10.00. The smallest absolute Gasteiger partial charge is 0.434 e. The van der Waals surface area contributed by atoms with Crippen molar-refractivity contribution in [3.8, 4) is 10.4 Å². The minimum atomic E-state index is -4.99. The van der Waals surface area contributed by atoms with Crippen LogP contribution < -0.4 is 5.73 Å². The Bertz CT molecular complexity index is 815. The number of rotatable bonds is 2. The standard InChI is InChI=1S/C12H5F6IN2O2S/c13-11(14,15)4-1-3(10(22)23)9(20)8(19)7(4)5-2-6(21-24-5)12(16,17)18/h1-2H,20H2,(H,22,23). The molecule has 0 radical (unpaired) electrons. The lowest BCUT2D eigenvalue weighted by molar-refractivity contribution is -0.140. The third-order valence-corrected chi connectivity index (χ3v) is 4.81. The number of benzene rings is 1. The topological polar surface area (TPSA) is 76.2 Å². The molecule has 0 amide bonds. The predicted molar refractivity (Wildman–Crippen MR) is 81.6 cm³/mol. The van der Waals surface area contributed by atoms with Crippen LogP contribution in [0.15, 0.2) is 12.1 Å². The molecular formula is C12H5F6IN2O2S. The number of carboxylic acids is 1. The monoisotopic (exact) mass is 482 g/mol. The van der Waals surface area contributed by atoms with E-state index in [0.717, 1.165) is 0 Å². The molecule has 0 bridgehead atoms. The SMILES string of the molecule is Nc1c(C(=O)O)cc(C(F)(F)F)c(-c2cc(C(F)(F)F)ns2)c1I. The lowest BCUT2D eigenvalue weighted by Gasteiger charge is -2.16. The van der Waals surface area contributed by atoms with Gasteiger partial charge in [-0.05, 0) is 46.3 Å². The zero-order chi connectivity index (χ0) is 18.4. The van der Waals surface area contributed by atoms with Crippen molar-refractivity contribution < 1.29 is 36.2 Å². The molecular weight excluding hydrogens is 477 g/mol. The van der Waals surface area contributed by atoms with Crippen LogP contribution >= 0.6 is 34.1 Å². The minimum absolute atomic E-state index is 0.219. The predicted octanol–water partition coefficient (Wildman–Crippen LogP) is 4.73. The van der Waals surface area contributed by atoms with Crippen molar-refractivity contribution in [3.63, 3.8) is 0 Å². The molecule has 1 aromatic heterocycles. The molecule has 1 aromatic carbocycles.